The Labute approximate surface area is 81.4 Å². The molecule has 0 radical (unpaired) electrons. The van der Waals surface area contributed by atoms with Crippen molar-refractivity contribution < 1.29 is 9.53 Å². The molecule has 0 atom stereocenters. The van der Waals surface area contributed by atoms with Crippen molar-refractivity contribution in [1.29, 1.82) is 0 Å². The first-order chi connectivity index (χ1) is 5.74. The lowest BCUT2D eigenvalue weighted by Crippen LogP contribution is -2.31. The summed E-state index contributed by atoms with van der Waals surface area (Å²) in [4.78, 5) is 11.2. The quantitative estimate of drug-likeness (QED) is 0.538. The lowest BCUT2D eigenvalue weighted by molar-refractivity contribution is -0.149. The number of esters is 1. The summed E-state index contributed by atoms with van der Waals surface area (Å²) in [7, 11) is 0. The third-order valence-electron chi connectivity index (χ3n) is 2.06. The van der Waals surface area contributed by atoms with E-state index in [1.165, 1.54) is 0 Å². The Kier molecular flexibility index (Phi) is 4.01. The Balaban J connectivity index is 2.29. The van der Waals surface area contributed by atoms with Crippen LogP contribution >= 0.6 is 16.1 Å². The molecule has 0 aromatic heterocycles. The summed E-state index contributed by atoms with van der Waals surface area (Å²) in [5.74, 6) is 0.0943. The van der Waals surface area contributed by atoms with Gasteiger partial charge in [-0.15, -0.1) is 0 Å². The van der Waals surface area contributed by atoms with Gasteiger partial charge in [-0.1, -0.05) is 0 Å². The highest BCUT2D eigenvalue weighted by atomic mass is 79.9. The molecule has 1 rings (SSSR count). The standard InChI is InChI=1S/C8H14BrNO2/c1-2-12-8(11)7-3-5-10(9)6-4-7/h7H,2-6H2,1H3. The lowest BCUT2D eigenvalue weighted by atomic mass is 9.99. The van der Waals surface area contributed by atoms with Crippen LogP contribution in [-0.4, -0.2) is 29.6 Å². The Morgan fingerprint density at radius 2 is 2.17 bits per heavy atom. The van der Waals surface area contributed by atoms with E-state index in [0.717, 1.165) is 25.9 Å². The molecule has 0 aromatic carbocycles. The molecule has 1 fully saturated rings. The van der Waals surface area contributed by atoms with E-state index in [-0.39, 0.29) is 11.9 Å². The van der Waals surface area contributed by atoms with Gasteiger partial charge in [0.1, 0.15) is 0 Å². The third kappa shape index (κ3) is 2.75. The maximum Gasteiger partial charge on any atom is 0.309 e. The van der Waals surface area contributed by atoms with Gasteiger partial charge in [0.25, 0.3) is 0 Å². The lowest BCUT2D eigenvalue weighted by Gasteiger charge is -2.25. The summed E-state index contributed by atoms with van der Waals surface area (Å²) in [5, 5.41) is 0. The maximum atomic E-state index is 11.2. The Morgan fingerprint density at radius 1 is 1.58 bits per heavy atom. The molecule has 1 saturated heterocycles. The number of carbonyl (C=O) groups excluding carboxylic acids is 1. The summed E-state index contributed by atoms with van der Waals surface area (Å²) in [6.45, 7) is 4.21. The van der Waals surface area contributed by atoms with Crippen molar-refractivity contribution in [3.05, 3.63) is 0 Å². The molecule has 1 heterocycles. The molecule has 12 heavy (non-hydrogen) atoms. The van der Waals surface area contributed by atoms with Gasteiger partial charge in [0.15, 0.2) is 0 Å². The predicted molar refractivity (Wildman–Crippen MR) is 49.9 cm³/mol. The second-order valence-corrected chi connectivity index (χ2v) is 3.94. The van der Waals surface area contributed by atoms with Gasteiger partial charge < -0.3 is 4.74 Å². The van der Waals surface area contributed by atoms with Gasteiger partial charge in [-0.2, -0.15) is 0 Å². The van der Waals surface area contributed by atoms with Crippen molar-refractivity contribution in [2.45, 2.75) is 19.8 Å². The van der Waals surface area contributed by atoms with E-state index >= 15 is 0 Å². The molecule has 4 heteroatoms. The van der Waals surface area contributed by atoms with E-state index in [1.807, 2.05) is 6.92 Å². The SMILES string of the molecule is CCOC(=O)C1CCN(Br)CC1. The van der Waals surface area contributed by atoms with E-state index in [9.17, 15) is 4.79 Å². The summed E-state index contributed by atoms with van der Waals surface area (Å²) >= 11 is 3.39. The smallest absolute Gasteiger partial charge is 0.309 e. The molecule has 0 N–H and O–H groups in total. The summed E-state index contributed by atoms with van der Waals surface area (Å²) in [6, 6.07) is 0. The first-order valence-electron chi connectivity index (χ1n) is 4.31. The molecular weight excluding hydrogens is 222 g/mol. The first kappa shape index (κ1) is 9.99. The Hall–Kier alpha value is -0.0900. The number of halogens is 1. The van der Waals surface area contributed by atoms with Crippen molar-refractivity contribution in [3.8, 4) is 0 Å². The summed E-state index contributed by atoms with van der Waals surface area (Å²) in [5.41, 5.74) is 0. The van der Waals surface area contributed by atoms with Crippen LogP contribution in [0.5, 0.6) is 0 Å². The van der Waals surface area contributed by atoms with Crippen LogP contribution in [0.15, 0.2) is 0 Å². The van der Waals surface area contributed by atoms with Crippen molar-refractivity contribution in [2.24, 2.45) is 5.92 Å². The van der Waals surface area contributed by atoms with Crippen molar-refractivity contribution in [2.75, 3.05) is 19.7 Å². The van der Waals surface area contributed by atoms with Gasteiger partial charge in [-0.05, 0) is 19.8 Å². The van der Waals surface area contributed by atoms with Crippen LogP contribution in [0.3, 0.4) is 0 Å². The van der Waals surface area contributed by atoms with Crippen LogP contribution in [0.25, 0.3) is 0 Å². The van der Waals surface area contributed by atoms with Crippen LogP contribution in [0, 0.1) is 5.92 Å². The number of nitrogens with zero attached hydrogens (tertiary/aromatic N) is 1. The minimum absolute atomic E-state index is 0.0295. The largest absolute Gasteiger partial charge is 0.466 e. The van der Waals surface area contributed by atoms with Gasteiger partial charge in [0.2, 0.25) is 0 Å². The number of carbonyl (C=O) groups is 1. The van der Waals surface area contributed by atoms with Crippen LogP contribution in [-0.2, 0) is 9.53 Å². The summed E-state index contributed by atoms with van der Waals surface area (Å²) < 4.78 is 7.00. The molecule has 1 aliphatic rings. The molecular formula is C8H14BrNO2. The number of rotatable bonds is 2. The monoisotopic (exact) mass is 235 g/mol. The van der Waals surface area contributed by atoms with Gasteiger partial charge in [-0.25, -0.2) is 3.93 Å². The molecule has 0 aliphatic carbocycles. The Bertz CT molecular complexity index is 155. The van der Waals surface area contributed by atoms with E-state index in [1.54, 1.807) is 0 Å². The molecule has 3 nitrogen and oxygen atoms in total. The first-order valence-corrected chi connectivity index (χ1v) is 5.02. The zero-order chi connectivity index (χ0) is 8.97. The zero-order valence-corrected chi connectivity index (χ0v) is 8.84. The fourth-order valence-corrected chi connectivity index (χ4v) is 1.75. The third-order valence-corrected chi connectivity index (χ3v) is 2.77. The van der Waals surface area contributed by atoms with Crippen LogP contribution in [0.2, 0.25) is 0 Å². The fourth-order valence-electron chi connectivity index (χ4n) is 1.34. The summed E-state index contributed by atoms with van der Waals surface area (Å²) in [6.07, 6.45) is 1.81. The normalized spacial score (nSPS) is 20.8. The second kappa shape index (κ2) is 4.82. The molecule has 1 aliphatic heterocycles. The Morgan fingerprint density at radius 3 is 2.67 bits per heavy atom. The van der Waals surface area contributed by atoms with Crippen LogP contribution in [0.4, 0.5) is 0 Å². The van der Waals surface area contributed by atoms with Gasteiger partial charge in [-0.3, -0.25) is 4.79 Å². The zero-order valence-electron chi connectivity index (χ0n) is 7.25. The van der Waals surface area contributed by atoms with E-state index in [2.05, 4.69) is 20.1 Å². The fraction of sp³-hybridized carbons (Fsp3) is 0.875. The van der Waals surface area contributed by atoms with Crippen molar-refractivity contribution in [3.63, 3.8) is 0 Å². The molecule has 0 spiro atoms. The number of hydrogen-bond donors (Lipinski definition) is 0. The average Bonchev–Trinajstić information content (AvgIpc) is 2.06. The van der Waals surface area contributed by atoms with Crippen LogP contribution in [0.1, 0.15) is 19.8 Å². The second-order valence-electron chi connectivity index (χ2n) is 2.94. The number of hydrogen-bond acceptors (Lipinski definition) is 3. The van der Waals surface area contributed by atoms with E-state index < -0.39 is 0 Å². The average molecular weight is 236 g/mol. The van der Waals surface area contributed by atoms with Gasteiger partial charge >= 0.3 is 5.97 Å². The number of piperidine rings is 1. The highest BCUT2D eigenvalue weighted by Crippen LogP contribution is 2.20. The highest BCUT2D eigenvalue weighted by molar-refractivity contribution is 9.07. The minimum Gasteiger partial charge on any atom is -0.466 e. The molecule has 0 bridgehead atoms. The highest BCUT2D eigenvalue weighted by Gasteiger charge is 2.24. The van der Waals surface area contributed by atoms with E-state index in [0.29, 0.717) is 6.61 Å². The van der Waals surface area contributed by atoms with E-state index in [4.69, 9.17) is 4.74 Å². The molecule has 0 unspecified atom stereocenters. The van der Waals surface area contributed by atoms with Gasteiger partial charge in [0, 0.05) is 29.2 Å². The molecule has 0 saturated carbocycles. The van der Waals surface area contributed by atoms with Crippen LogP contribution < -0.4 is 0 Å². The maximum absolute atomic E-state index is 11.2. The van der Waals surface area contributed by atoms with Crippen molar-refractivity contribution in [1.82, 2.24) is 3.93 Å². The molecule has 0 amide bonds. The minimum atomic E-state index is -0.0295. The molecule has 0 aromatic rings. The van der Waals surface area contributed by atoms with Gasteiger partial charge in [0.05, 0.1) is 12.5 Å². The number of ether oxygens (including phenoxy) is 1. The topological polar surface area (TPSA) is 29.5 Å². The predicted octanol–water partition coefficient (Wildman–Crippen LogP) is 1.57. The molecule has 70 valence electrons. The van der Waals surface area contributed by atoms with Crippen molar-refractivity contribution >= 4 is 22.1 Å².